The van der Waals surface area contributed by atoms with E-state index in [0.29, 0.717) is 0 Å². The molecule has 0 saturated heterocycles. The Bertz CT molecular complexity index is 4340. The second-order valence-corrected chi connectivity index (χ2v) is 19.3. The summed E-state index contributed by atoms with van der Waals surface area (Å²) in [5.74, 6) is 0. The number of hydrogen-bond donors (Lipinski definition) is 0. The van der Waals surface area contributed by atoms with Crippen LogP contribution in [0.5, 0.6) is 0 Å². The van der Waals surface area contributed by atoms with Gasteiger partial charge in [-0.2, -0.15) is 0 Å². The minimum atomic E-state index is 0.899. The number of furan rings is 1. The summed E-state index contributed by atoms with van der Waals surface area (Å²) >= 11 is 0. The average molecular weight is 957 g/mol. The number of rotatable bonds is 10. The van der Waals surface area contributed by atoms with Gasteiger partial charge in [-0.15, -0.1) is 0 Å². The van der Waals surface area contributed by atoms with Gasteiger partial charge < -0.3 is 13.9 Å². The maximum atomic E-state index is 6.27. The number of nitrogens with zero attached hydrogens (tertiary/aromatic N) is 2. The van der Waals surface area contributed by atoms with Crippen molar-refractivity contribution in [2.45, 2.75) is 0 Å². The summed E-state index contributed by atoms with van der Waals surface area (Å²) in [5, 5.41) is 4.80. The Morgan fingerprint density at radius 2 is 0.613 bits per heavy atom. The van der Waals surface area contributed by atoms with Crippen molar-refractivity contribution in [1.29, 1.82) is 0 Å². The van der Waals surface area contributed by atoms with Gasteiger partial charge in [0.25, 0.3) is 0 Å². The topological polar surface area (TPSA) is 21.3 Å². The fourth-order valence-corrected chi connectivity index (χ4v) is 11.1. The van der Waals surface area contributed by atoms with Gasteiger partial charge in [0.15, 0.2) is 0 Å². The van der Waals surface area contributed by atoms with E-state index in [4.69, 9.17) is 4.42 Å². The van der Waals surface area contributed by atoms with Crippen LogP contribution in [-0.4, -0.2) is 4.57 Å². The lowest BCUT2D eigenvalue weighted by molar-refractivity contribution is 0.669. The predicted molar refractivity (Wildman–Crippen MR) is 315 cm³/mol. The van der Waals surface area contributed by atoms with Gasteiger partial charge in [0, 0.05) is 44.3 Å². The zero-order valence-corrected chi connectivity index (χ0v) is 41.0. The second kappa shape index (κ2) is 18.6. The summed E-state index contributed by atoms with van der Waals surface area (Å²) in [6.45, 7) is 0. The fourth-order valence-electron chi connectivity index (χ4n) is 11.1. The van der Waals surface area contributed by atoms with Crippen LogP contribution >= 0.6 is 0 Å². The Hall–Kier alpha value is -9.96. The molecular weight excluding hydrogens is 909 g/mol. The van der Waals surface area contributed by atoms with E-state index in [2.05, 4.69) is 289 Å². The van der Waals surface area contributed by atoms with E-state index in [0.717, 1.165) is 78.1 Å². The highest BCUT2D eigenvalue weighted by Crippen LogP contribution is 2.41. The van der Waals surface area contributed by atoms with E-state index in [1.807, 2.05) is 12.1 Å². The molecule has 0 atom stereocenters. The highest BCUT2D eigenvalue weighted by molar-refractivity contribution is 6.09. The zero-order chi connectivity index (χ0) is 49.7. The summed E-state index contributed by atoms with van der Waals surface area (Å²) in [6, 6.07) is 105. The minimum absolute atomic E-state index is 0.899. The van der Waals surface area contributed by atoms with Crippen LogP contribution in [-0.2, 0) is 0 Å². The van der Waals surface area contributed by atoms with Crippen LogP contribution in [0.4, 0.5) is 17.1 Å². The van der Waals surface area contributed by atoms with Gasteiger partial charge in [-0.05, 0) is 158 Å². The molecule has 0 aliphatic heterocycles. The molecule has 0 aliphatic carbocycles. The first-order chi connectivity index (χ1) is 37.1. The molecule has 14 aromatic rings. The van der Waals surface area contributed by atoms with Gasteiger partial charge >= 0.3 is 0 Å². The molecule has 14 rings (SSSR count). The molecule has 352 valence electrons. The summed E-state index contributed by atoms with van der Waals surface area (Å²) in [7, 11) is 0. The third-order valence-corrected chi connectivity index (χ3v) is 14.8. The summed E-state index contributed by atoms with van der Waals surface area (Å²) < 4.78 is 8.65. The predicted octanol–water partition coefficient (Wildman–Crippen LogP) is 20.2. The van der Waals surface area contributed by atoms with Crippen LogP contribution < -0.4 is 4.90 Å². The van der Waals surface area contributed by atoms with E-state index in [9.17, 15) is 0 Å². The molecule has 0 radical (unpaired) electrons. The normalized spacial score (nSPS) is 11.5. The van der Waals surface area contributed by atoms with E-state index in [1.54, 1.807) is 0 Å². The third-order valence-electron chi connectivity index (χ3n) is 14.8. The highest BCUT2D eigenvalue weighted by atomic mass is 16.3. The molecule has 3 heteroatoms. The van der Waals surface area contributed by atoms with Crippen molar-refractivity contribution < 1.29 is 4.42 Å². The minimum Gasteiger partial charge on any atom is -0.456 e. The monoisotopic (exact) mass is 956 g/mol. The van der Waals surface area contributed by atoms with Crippen molar-refractivity contribution in [3.05, 3.63) is 291 Å². The smallest absolute Gasteiger partial charge is 0.136 e. The molecule has 2 aromatic heterocycles. The Morgan fingerprint density at radius 1 is 0.227 bits per heavy atom. The molecule has 0 bridgehead atoms. The van der Waals surface area contributed by atoms with Crippen LogP contribution in [0, 0.1) is 0 Å². The zero-order valence-electron chi connectivity index (χ0n) is 41.0. The van der Waals surface area contributed by atoms with Gasteiger partial charge in [0.05, 0.1) is 11.0 Å². The number of benzene rings is 12. The van der Waals surface area contributed by atoms with Crippen LogP contribution in [0.1, 0.15) is 0 Å². The SMILES string of the molecule is c1ccc(-c2cccc(-c3cccc(N(c4ccc(-c5ccc(-c6cccc(-n7c8ccccc8c8ccccc87)c6)cc5)cc4)c4ccc(-c5cccc(-c6ccc7c(c6)oc6ccccc67)c5)cc4)c3)c2)cc1. The van der Waals surface area contributed by atoms with Crippen LogP contribution in [0.15, 0.2) is 296 Å². The van der Waals surface area contributed by atoms with Crippen LogP contribution in [0.2, 0.25) is 0 Å². The second-order valence-electron chi connectivity index (χ2n) is 19.3. The standard InChI is InChI=1S/C72H48N2O/c1-2-14-49(15-3-1)54-16-10-18-56(44-54)59-21-13-22-63(47-59)73(62-41-36-53(37-42-62)55-17-11-19-57(45-55)60-38-43-68-67-26-6-9-29-71(67)75-72(68)48-60)61-39-34-51(35-40-61)50-30-32-52(33-31-50)58-20-12-23-64(46-58)74-69-27-7-4-24-65(69)66-25-5-8-28-70(66)74/h1-48H. The highest BCUT2D eigenvalue weighted by Gasteiger charge is 2.17. The first-order valence-corrected chi connectivity index (χ1v) is 25.6. The molecule has 0 spiro atoms. The lowest BCUT2D eigenvalue weighted by atomic mass is 9.97. The molecule has 0 unspecified atom stereocenters. The maximum Gasteiger partial charge on any atom is 0.136 e. The molecule has 0 saturated carbocycles. The first-order valence-electron chi connectivity index (χ1n) is 25.6. The summed E-state index contributed by atoms with van der Waals surface area (Å²) in [6.07, 6.45) is 0. The van der Waals surface area contributed by atoms with Crippen molar-refractivity contribution in [1.82, 2.24) is 4.57 Å². The number of aromatic nitrogens is 1. The molecule has 0 fully saturated rings. The summed E-state index contributed by atoms with van der Waals surface area (Å²) in [4.78, 5) is 2.37. The average Bonchev–Trinajstić information content (AvgIpc) is 4.05. The lowest BCUT2D eigenvalue weighted by Gasteiger charge is -2.26. The van der Waals surface area contributed by atoms with Gasteiger partial charge in [0.1, 0.15) is 11.2 Å². The maximum absolute atomic E-state index is 6.27. The molecule has 0 aliphatic rings. The first kappa shape index (κ1) is 43.8. The van der Waals surface area contributed by atoms with E-state index >= 15 is 0 Å². The van der Waals surface area contributed by atoms with Crippen molar-refractivity contribution >= 4 is 60.8 Å². The number of fused-ring (bicyclic) bond motifs is 6. The molecule has 0 amide bonds. The van der Waals surface area contributed by atoms with E-state index in [1.165, 1.54) is 55.2 Å². The molecule has 75 heavy (non-hydrogen) atoms. The Balaban J connectivity index is 0.784. The summed E-state index contributed by atoms with van der Waals surface area (Å²) in [5.41, 5.74) is 22.6. The van der Waals surface area contributed by atoms with Gasteiger partial charge in [-0.3, -0.25) is 0 Å². The van der Waals surface area contributed by atoms with E-state index in [-0.39, 0.29) is 0 Å². The number of anilines is 3. The fraction of sp³-hybridized carbons (Fsp3) is 0. The van der Waals surface area contributed by atoms with Crippen molar-refractivity contribution in [2.75, 3.05) is 4.90 Å². The third kappa shape index (κ3) is 8.14. The van der Waals surface area contributed by atoms with E-state index < -0.39 is 0 Å². The van der Waals surface area contributed by atoms with Crippen molar-refractivity contribution in [3.63, 3.8) is 0 Å². The molecule has 0 N–H and O–H groups in total. The van der Waals surface area contributed by atoms with Gasteiger partial charge in [0.2, 0.25) is 0 Å². The van der Waals surface area contributed by atoms with Crippen LogP contribution in [0.25, 0.3) is 116 Å². The molecule has 2 heterocycles. The van der Waals surface area contributed by atoms with Gasteiger partial charge in [-0.25, -0.2) is 0 Å². The number of para-hydroxylation sites is 3. The molecular formula is C72H48N2O. The largest absolute Gasteiger partial charge is 0.456 e. The lowest BCUT2D eigenvalue weighted by Crippen LogP contribution is -2.10. The van der Waals surface area contributed by atoms with Gasteiger partial charge in [-0.1, -0.05) is 200 Å². The van der Waals surface area contributed by atoms with Crippen LogP contribution in [0.3, 0.4) is 0 Å². The quantitative estimate of drug-likeness (QED) is 0.136. The Morgan fingerprint density at radius 3 is 1.21 bits per heavy atom. The Kier molecular flexibility index (Phi) is 10.8. The molecule has 12 aromatic carbocycles. The van der Waals surface area contributed by atoms with Crippen molar-refractivity contribution in [3.8, 4) is 72.4 Å². The number of hydrogen-bond acceptors (Lipinski definition) is 2. The molecule has 3 nitrogen and oxygen atoms in total. The Labute approximate surface area is 436 Å². The van der Waals surface area contributed by atoms with Crippen molar-refractivity contribution in [2.24, 2.45) is 0 Å².